The first-order valence-corrected chi connectivity index (χ1v) is 8.65. The lowest BCUT2D eigenvalue weighted by Gasteiger charge is -2.15. The molecule has 0 aliphatic heterocycles. The van der Waals surface area contributed by atoms with E-state index in [0.29, 0.717) is 11.7 Å². The Kier molecular flexibility index (Phi) is 4.66. The van der Waals surface area contributed by atoms with Gasteiger partial charge < -0.3 is 4.74 Å². The summed E-state index contributed by atoms with van der Waals surface area (Å²) in [5.41, 5.74) is 2.03. The Labute approximate surface area is 133 Å². The smallest absolute Gasteiger partial charge is 0.162 e. The second kappa shape index (κ2) is 6.68. The number of ketones is 1. The van der Waals surface area contributed by atoms with Crippen molar-refractivity contribution in [2.24, 2.45) is 11.8 Å². The summed E-state index contributed by atoms with van der Waals surface area (Å²) in [6.45, 7) is 4.06. The Morgan fingerprint density at radius 3 is 2.59 bits per heavy atom. The normalized spacial score (nSPS) is 24.6. The summed E-state index contributed by atoms with van der Waals surface area (Å²) in [5.74, 6) is 2.20. The van der Waals surface area contributed by atoms with Crippen molar-refractivity contribution in [2.75, 3.05) is 0 Å². The number of carbonyl (C=O) groups excluding carboxylic acids is 1. The van der Waals surface area contributed by atoms with Gasteiger partial charge in [0, 0.05) is 11.5 Å². The molecule has 0 bridgehead atoms. The second-order valence-electron chi connectivity index (χ2n) is 6.93. The number of rotatable bonds is 4. The van der Waals surface area contributed by atoms with E-state index in [1.807, 2.05) is 38.1 Å². The van der Waals surface area contributed by atoms with Gasteiger partial charge in [-0.05, 0) is 63.2 Å². The minimum absolute atomic E-state index is 0.144. The molecule has 3 rings (SSSR count). The van der Waals surface area contributed by atoms with Crippen LogP contribution in [-0.2, 0) is 4.79 Å². The van der Waals surface area contributed by atoms with E-state index in [1.165, 1.54) is 25.7 Å². The molecule has 1 atom stereocenters. The lowest BCUT2D eigenvalue weighted by molar-refractivity contribution is -0.119. The van der Waals surface area contributed by atoms with Crippen LogP contribution in [0.15, 0.2) is 29.8 Å². The highest BCUT2D eigenvalue weighted by Crippen LogP contribution is 2.41. The van der Waals surface area contributed by atoms with Crippen LogP contribution < -0.4 is 4.74 Å². The van der Waals surface area contributed by atoms with E-state index >= 15 is 0 Å². The zero-order valence-corrected chi connectivity index (χ0v) is 13.7. The maximum absolute atomic E-state index is 12.7. The van der Waals surface area contributed by atoms with Crippen molar-refractivity contribution in [3.63, 3.8) is 0 Å². The van der Waals surface area contributed by atoms with Gasteiger partial charge in [-0.3, -0.25) is 4.79 Å². The summed E-state index contributed by atoms with van der Waals surface area (Å²) in [7, 11) is 0. The molecular weight excluding hydrogens is 272 g/mol. The monoisotopic (exact) mass is 298 g/mol. The Balaban J connectivity index is 1.79. The molecular formula is C20H26O2. The van der Waals surface area contributed by atoms with Gasteiger partial charge in [0.1, 0.15) is 5.75 Å². The highest BCUT2D eigenvalue weighted by molar-refractivity contribution is 6.03. The molecule has 2 aliphatic rings. The van der Waals surface area contributed by atoms with Crippen molar-refractivity contribution < 1.29 is 9.53 Å². The van der Waals surface area contributed by atoms with Crippen LogP contribution in [0.4, 0.5) is 0 Å². The number of ether oxygens (including phenoxy) is 1. The van der Waals surface area contributed by atoms with Crippen LogP contribution in [0.1, 0.15) is 57.9 Å². The van der Waals surface area contributed by atoms with Gasteiger partial charge in [0.2, 0.25) is 0 Å². The van der Waals surface area contributed by atoms with Crippen LogP contribution in [0.5, 0.6) is 5.75 Å². The second-order valence-corrected chi connectivity index (χ2v) is 6.93. The summed E-state index contributed by atoms with van der Waals surface area (Å²) >= 11 is 0. The van der Waals surface area contributed by atoms with Crippen molar-refractivity contribution in [3.8, 4) is 5.75 Å². The average Bonchev–Trinajstić information content (AvgIpc) is 3.11. The fourth-order valence-electron chi connectivity index (χ4n) is 3.91. The number of hydrogen-bond donors (Lipinski definition) is 0. The molecule has 0 radical (unpaired) electrons. The molecule has 0 heterocycles. The summed E-state index contributed by atoms with van der Waals surface area (Å²) in [4.78, 5) is 12.7. The first kappa shape index (κ1) is 15.3. The third-order valence-electron chi connectivity index (χ3n) is 4.96. The SMILES string of the molecule is CC(C)Oc1ccccc1/C=C1\CCC(C2CCCC2)C1=O. The number of allylic oxidation sites excluding steroid dienone is 1. The average molecular weight is 298 g/mol. The van der Waals surface area contributed by atoms with E-state index in [1.54, 1.807) is 0 Å². The third-order valence-corrected chi connectivity index (χ3v) is 4.96. The fraction of sp³-hybridized carbons (Fsp3) is 0.550. The van der Waals surface area contributed by atoms with E-state index in [4.69, 9.17) is 4.74 Å². The predicted molar refractivity (Wildman–Crippen MR) is 89.9 cm³/mol. The van der Waals surface area contributed by atoms with E-state index in [9.17, 15) is 4.79 Å². The minimum Gasteiger partial charge on any atom is -0.490 e. The van der Waals surface area contributed by atoms with Gasteiger partial charge in [0.05, 0.1) is 6.10 Å². The lowest BCUT2D eigenvalue weighted by Crippen LogP contribution is -2.16. The van der Waals surface area contributed by atoms with E-state index in [2.05, 4.69) is 6.08 Å². The molecule has 2 fully saturated rings. The zero-order valence-electron chi connectivity index (χ0n) is 13.7. The topological polar surface area (TPSA) is 26.3 Å². The van der Waals surface area contributed by atoms with Gasteiger partial charge in [-0.2, -0.15) is 0 Å². The van der Waals surface area contributed by atoms with Gasteiger partial charge >= 0.3 is 0 Å². The molecule has 0 N–H and O–H groups in total. The Hall–Kier alpha value is -1.57. The van der Waals surface area contributed by atoms with E-state index in [-0.39, 0.29) is 12.0 Å². The van der Waals surface area contributed by atoms with Crippen molar-refractivity contribution >= 4 is 11.9 Å². The van der Waals surface area contributed by atoms with Crippen LogP contribution in [0.2, 0.25) is 0 Å². The summed E-state index contributed by atoms with van der Waals surface area (Å²) in [6.07, 6.45) is 9.28. The maximum atomic E-state index is 12.7. The van der Waals surface area contributed by atoms with E-state index < -0.39 is 0 Å². The molecule has 22 heavy (non-hydrogen) atoms. The molecule has 2 nitrogen and oxygen atoms in total. The molecule has 0 amide bonds. The predicted octanol–water partition coefficient (Wildman–Crippen LogP) is 5.03. The molecule has 0 spiro atoms. The van der Waals surface area contributed by atoms with Gasteiger partial charge in [-0.15, -0.1) is 0 Å². The van der Waals surface area contributed by atoms with Gasteiger partial charge in [0.15, 0.2) is 5.78 Å². The van der Waals surface area contributed by atoms with Gasteiger partial charge in [-0.1, -0.05) is 31.0 Å². The summed E-state index contributed by atoms with van der Waals surface area (Å²) in [5, 5.41) is 0. The highest BCUT2D eigenvalue weighted by atomic mass is 16.5. The van der Waals surface area contributed by atoms with E-state index in [0.717, 1.165) is 29.7 Å². The molecule has 2 saturated carbocycles. The third kappa shape index (κ3) is 3.26. The quantitative estimate of drug-likeness (QED) is 0.729. The number of hydrogen-bond acceptors (Lipinski definition) is 2. The van der Waals surface area contributed by atoms with Crippen LogP contribution in [0, 0.1) is 11.8 Å². The van der Waals surface area contributed by atoms with Crippen LogP contribution in [0.25, 0.3) is 6.08 Å². The van der Waals surface area contributed by atoms with Crippen molar-refractivity contribution in [2.45, 2.75) is 58.5 Å². The molecule has 2 heteroatoms. The van der Waals surface area contributed by atoms with Crippen molar-refractivity contribution in [1.29, 1.82) is 0 Å². The Morgan fingerprint density at radius 1 is 1.14 bits per heavy atom. The summed E-state index contributed by atoms with van der Waals surface area (Å²) < 4.78 is 5.86. The first-order chi connectivity index (χ1) is 10.6. The van der Waals surface area contributed by atoms with Gasteiger partial charge in [-0.25, -0.2) is 0 Å². The van der Waals surface area contributed by atoms with Crippen LogP contribution in [-0.4, -0.2) is 11.9 Å². The van der Waals surface area contributed by atoms with Gasteiger partial charge in [0.25, 0.3) is 0 Å². The lowest BCUT2D eigenvalue weighted by atomic mass is 9.88. The largest absolute Gasteiger partial charge is 0.490 e. The number of para-hydroxylation sites is 1. The first-order valence-electron chi connectivity index (χ1n) is 8.65. The highest BCUT2D eigenvalue weighted by Gasteiger charge is 2.36. The van der Waals surface area contributed by atoms with Crippen molar-refractivity contribution in [3.05, 3.63) is 35.4 Å². The molecule has 2 aliphatic carbocycles. The Morgan fingerprint density at radius 2 is 1.86 bits per heavy atom. The Bertz CT molecular complexity index is 565. The minimum atomic E-state index is 0.144. The zero-order chi connectivity index (χ0) is 15.5. The summed E-state index contributed by atoms with van der Waals surface area (Å²) in [6, 6.07) is 8.02. The van der Waals surface area contributed by atoms with Crippen LogP contribution in [0.3, 0.4) is 0 Å². The number of Topliss-reactive ketones (excluding diaryl/α,β-unsaturated/α-hetero) is 1. The van der Waals surface area contributed by atoms with Crippen molar-refractivity contribution in [1.82, 2.24) is 0 Å². The maximum Gasteiger partial charge on any atom is 0.162 e. The standard InChI is InChI=1S/C20H26O2/c1-14(2)22-19-10-6-5-9-16(19)13-17-11-12-18(20(17)21)15-7-3-4-8-15/h5-6,9-10,13-15,18H,3-4,7-8,11-12H2,1-2H3/b17-13+. The molecule has 1 aromatic rings. The number of benzene rings is 1. The molecule has 1 unspecified atom stereocenters. The molecule has 0 saturated heterocycles. The molecule has 1 aromatic carbocycles. The van der Waals surface area contributed by atoms with Crippen LogP contribution >= 0.6 is 0 Å². The number of carbonyl (C=O) groups is 1. The molecule has 0 aromatic heterocycles. The fourth-order valence-corrected chi connectivity index (χ4v) is 3.91. The molecule has 118 valence electrons.